The van der Waals surface area contributed by atoms with Gasteiger partial charge in [-0.2, -0.15) is 0 Å². The summed E-state index contributed by atoms with van der Waals surface area (Å²) in [5.74, 6) is 0.908. The Balaban J connectivity index is 1.77. The standard InChI is InChI=1S/C21H24N4O2/c22-17-12-15(10-11-16(17)21(26)24-27)20-23-18-8-4-5-9-19(18)25(20)13-14-6-2-1-3-7-14/h4-5,8-12,14,27H,1-3,6-7,13,22H2,(H,24,26). The summed E-state index contributed by atoms with van der Waals surface area (Å²) in [4.78, 5) is 16.5. The number of nitrogens with one attached hydrogen (secondary N) is 1. The van der Waals surface area contributed by atoms with E-state index in [-0.39, 0.29) is 5.56 Å². The number of nitrogens with two attached hydrogens (primary N) is 1. The van der Waals surface area contributed by atoms with Gasteiger partial charge in [0.25, 0.3) is 5.91 Å². The third-order valence-corrected chi connectivity index (χ3v) is 5.48. The van der Waals surface area contributed by atoms with Crippen molar-refractivity contribution in [2.75, 3.05) is 5.73 Å². The molecule has 0 bridgehead atoms. The smallest absolute Gasteiger partial charge is 0.276 e. The second kappa shape index (κ2) is 7.40. The number of carbonyl (C=O) groups excluding carboxylic acids is 1. The van der Waals surface area contributed by atoms with Crippen LogP contribution in [0.2, 0.25) is 0 Å². The Morgan fingerprint density at radius 1 is 1.19 bits per heavy atom. The molecule has 0 saturated heterocycles. The van der Waals surface area contributed by atoms with Crippen molar-refractivity contribution in [3.8, 4) is 11.4 Å². The van der Waals surface area contributed by atoms with Crippen molar-refractivity contribution < 1.29 is 10.0 Å². The van der Waals surface area contributed by atoms with Crippen LogP contribution in [0.1, 0.15) is 42.5 Å². The van der Waals surface area contributed by atoms with Crippen LogP contribution in [-0.4, -0.2) is 20.7 Å². The van der Waals surface area contributed by atoms with Crippen LogP contribution >= 0.6 is 0 Å². The van der Waals surface area contributed by atoms with Gasteiger partial charge in [-0.15, -0.1) is 0 Å². The molecule has 0 spiro atoms. The molecular formula is C21H24N4O2. The fourth-order valence-corrected chi connectivity index (χ4v) is 4.08. The highest BCUT2D eigenvalue weighted by Crippen LogP contribution is 2.31. The number of para-hydroxylation sites is 2. The average molecular weight is 364 g/mol. The summed E-state index contributed by atoms with van der Waals surface area (Å²) in [5.41, 5.74) is 11.2. The van der Waals surface area contributed by atoms with Crippen LogP contribution in [0.15, 0.2) is 42.5 Å². The quantitative estimate of drug-likeness (QED) is 0.371. The fourth-order valence-electron chi connectivity index (χ4n) is 4.08. The first-order valence-electron chi connectivity index (χ1n) is 9.47. The van der Waals surface area contributed by atoms with Crippen molar-refractivity contribution in [1.29, 1.82) is 0 Å². The molecule has 1 fully saturated rings. The van der Waals surface area contributed by atoms with E-state index in [0.717, 1.165) is 29.0 Å². The van der Waals surface area contributed by atoms with Gasteiger partial charge in [0.15, 0.2) is 0 Å². The van der Waals surface area contributed by atoms with Gasteiger partial charge in [-0.25, -0.2) is 10.5 Å². The van der Waals surface area contributed by atoms with Crippen molar-refractivity contribution >= 4 is 22.6 Å². The van der Waals surface area contributed by atoms with Crippen LogP contribution in [0.25, 0.3) is 22.4 Å². The van der Waals surface area contributed by atoms with Gasteiger partial charge in [0, 0.05) is 17.8 Å². The number of imidazole rings is 1. The largest absolute Gasteiger partial charge is 0.398 e. The molecule has 3 aromatic rings. The summed E-state index contributed by atoms with van der Waals surface area (Å²) in [6.45, 7) is 0.939. The topological polar surface area (TPSA) is 93.2 Å². The number of anilines is 1. The maximum absolute atomic E-state index is 11.7. The second-order valence-corrected chi connectivity index (χ2v) is 7.28. The first-order chi connectivity index (χ1) is 13.2. The molecule has 1 aliphatic carbocycles. The zero-order valence-corrected chi connectivity index (χ0v) is 15.2. The van der Waals surface area contributed by atoms with Crippen LogP contribution in [0, 0.1) is 5.92 Å². The summed E-state index contributed by atoms with van der Waals surface area (Å²) in [7, 11) is 0. The number of rotatable bonds is 4. The van der Waals surface area contributed by atoms with Crippen molar-refractivity contribution in [3.63, 3.8) is 0 Å². The van der Waals surface area contributed by atoms with E-state index in [4.69, 9.17) is 15.9 Å². The number of hydrogen-bond donors (Lipinski definition) is 3. The number of aromatic nitrogens is 2. The molecule has 27 heavy (non-hydrogen) atoms. The minimum absolute atomic E-state index is 0.246. The van der Waals surface area contributed by atoms with Gasteiger partial charge in [0.1, 0.15) is 5.82 Å². The first-order valence-corrected chi connectivity index (χ1v) is 9.47. The number of hydroxylamine groups is 1. The highest BCUT2D eigenvalue weighted by molar-refractivity contribution is 5.99. The van der Waals surface area contributed by atoms with Crippen LogP contribution < -0.4 is 11.2 Å². The van der Waals surface area contributed by atoms with Crippen molar-refractivity contribution in [2.45, 2.75) is 38.6 Å². The molecule has 4 N–H and O–H groups in total. The molecule has 140 valence electrons. The molecule has 4 rings (SSSR count). The van der Waals surface area contributed by atoms with Crippen LogP contribution in [0.5, 0.6) is 0 Å². The van der Waals surface area contributed by atoms with Gasteiger partial charge >= 0.3 is 0 Å². The third kappa shape index (κ3) is 3.40. The normalized spacial score (nSPS) is 15.1. The third-order valence-electron chi connectivity index (χ3n) is 5.48. The van der Waals surface area contributed by atoms with Crippen LogP contribution in [-0.2, 0) is 6.54 Å². The van der Waals surface area contributed by atoms with Crippen LogP contribution in [0.4, 0.5) is 5.69 Å². The number of benzene rings is 2. The monoisotopic (exact) mass is 364 g/mol. The molecule has 1 heterocycles. The Labute approximate surface area is 158 Å². The Bertz CT molecular complexity index is 973. The minimum Gasteiger partial charge on any atom is -0.398 e. The molecule has 0 aliphatic heterocycles. The van der Waals surface area contributed by atoms with Gasteiger partial charge in [-0.1, -0.05) is 37.5 Å². The molecular weight excluding hydrogens is 340 g/mol. The van der Waals surface area contributed by atoms with E-state index in [2.05, 4.69) is 10.6 Å². The van der Waals surface area contributed by atoms with Crippen LogP contribution in [0.3, 0.4) is 0 Å². The van der Waals surface area contributed by atoms with Crippen molar-refractivity contribution in [2.24, 2.45) is 5.92 Å². The van der Waals surface area contributed by atoms with Gasteiger partial charge in [0.05, 0.1) is 16.6 Å². The minimum atomic E-state index is -0.616. The van der Waals surface area contributed by atoms with Gasteiger partial charge < -0.3 is 10.3 Å². The lowest BCUT2D eigenvalue weighted by Gasteiger charge is -2.23. The Morgan fingerprint density at radius 3 is 2.70 bits per heavy atom. The second-order valence-electron chi connectivity index (χ2n) is 7.28. The first kappa shape index (κ1) is 17.5. The van der Waals surface area contributed by atoms with E-state index < -0.39 is 5.91 Å². The number of nitrogen functional groups attached to an aromatic ring is 1. The number of hydrogen-bond acceptors (Lipinski definition) is 4. The number of amides is 1. The molecule has 1 aliphatic rings. The zero-order chi connectivity index (χ0) is 18.8. The molecule has 1 amide bonds. The lowest BCUT2D eigenvalue weighted by molar-refractivity contribution is 0.0707. The van der Waals surface area contributed by atoms with E-state index in [1.165, 1.54) is 32.1 Å². The predicted molar refractivity (Wildman–Crippen MR) is 105 cm³/mol. The van der Waals surface area contributed by atoms with Crippen molar-refractivity contribution in [1.82, 2.24) is 15.0 Å². The molecule has 1 aromatic heterocycles. The van der Waals surface area contributed by atoms with Gasteiger partial charge in [0.2, 0.25) is 0 Å². The summed E-state index contributed by atoms with van der Waals surface area (Å²) in [6.07, 6.45) is 6.43. The maximum atomic E-state index is 11.7. The SMILES string of the molecule is Nc1cc(-c2nc3ccccc3n2CC2CCCCC2)ccc1C(=O)NO. The van der Waals surface area contributed by atoms with E-state index in [9.17, 15) is 4.79 Å². The highest BCUT2D eigenvalue weighted by atomic mass is 16.5. The van der Waals surface area contributed by atoms with E-state index >= 15 is 0 Å². The Morgan fingerprint density at radius 2 is 1.96 bits per heavy atom. The summed E-state index contributed by atoms with van der Waals surface area (Å²) in [5, 5.41) is 8.85. The van der Waals surface area contributed by atoms with E-state index in [1.54, 1.807) is 17.6 Å². The summed E-state index contributed by atoms with van der Waals surface area (Å²) >= 11 is 0. The summed E-state index contributed by atoms with van der Waals surface area (Å²) in [6, 6.07) is 13.4. The summed E-state index contributed by atoms with van der Waals surface area (Å²) < 4.78 is 2.28. The Kier molecular flexibility index (Phi) is 4.81. The highest BCUT2D eigenvalue weighted by Gasteiger charge is 2.20. The molecule has 0 atom stereocenters. The lowest BCUT2D eigenvalue weighted by atomic mass is 9.89. The zero-order valence-electron chi connectivity index (χ0n) is 15.2. The number of carbonyl (C=O) groups is 1. The predicted octanol–water partition coefficient (Wildman–Crippen LogP) is 3.98. The lowest BCUT2D eigenvalue weighted by Crippen LogP contribution is -2.20. The van der Waals surface area contributed by atoms with E-state index in [1.807, 2.05) is 24.3 Å². The maximum Gasteiger partial charge on any atom is 0.276 e. The molecule has 0 unspecified atom stereocenters. The van der Waals surface area contributed by atoms with Gasteiger partial charge in [-0.05, 0) is 43.0 Å². The molecule has 2 aromatic carbocycles. The van der Waals surface area contributed by atoms with Crippen molar-refractivity contribution in [3.05, 3.63) is 48.0 Å². The number of fused-ring (bicyclic) bond motifs is 1. The Hall–Kier alpha value is -2.86. The molecule has 6 heteroatoms. The van der Waals surface area contributed by atoms with Gasteiger partial charge in [-0.3, -0.25) is 10.0 Å². The average Bonchev–Trinajstić information content (AvgIpc) is 3.07. The molecule has 1 saturated carbocycles. The van der Waals surface area contributed by atoms with E-state index in [0.29, 0.717) is 11.6 Å². The number of nitrogens with zero attached hydrogens (tertiary/aromatic N) is 2. The molecule has 6 nitrogen and oxygen atoms in total. The fraction of sp³-hybridized carbons (Fsp3) is 0.333. The molecule has 0 radical (unpaired) electrons.